The third-order valence-corrected chi connectivity index (χ3v) is 3.18. The van der Waals surface area contributed by atoms with Gasteiger partial charge in [0.1, 0.15) is 6.07 Å². The average molecular weight is 224 g/mol. The minimum atomic E-state index is 0.457. The number of aryl methyl sites for hydroxylation is 1. The lowest BCUT2D eigenvalue weighted by Crippen LogP contribution is -2.08. The van der Waals surface area contributed by atoms with Crippen LogP contribution in [-0.2, 0) is 12.8 Å². The summed E-state index contributed by atoms with van der Waals surface area (Å²) in [4.78, 5) is 8.53. The van der Waals surface area contributed by atoms with Crippen molar-refractivity contribution in [3.63, 3.8) is 0 Å². The lowest BCUT2D eigenvalue weighted by atomic mass is 10.0. The number of nitrogens with zero attached hydrogens (tertiary/aromatic N) is 4. The zero-order valence-electron chi connectivity index (χ0n) is 9.43. The standard InChI is InChI=1S/C13H12N4/c14-8-11-13(6-3-7-15-11)17-9-16-10-4-1-2-5-12(10)17/h3,6-7,9H,1-2,4-5H2. The van der Waals surface area contributed by atoms with Crippen molar-refractivity contribution in [2.75, 3.05) is 0 Å². The summed E-state index contributed by atoms with van der Waals surface area (Å²) in [5.74, 6) is 0. The molecule has 0 spiro atoms. The second kappa shape index (κ2) is 4.02. The van der Waals surface area contributed by atoms with Crippen molar-refractivity contribution in [1.82, 2.24) is 14.5 Å². The SMILES string of the molecule is N#Cc1ncccc1-n1cnc2c1CCCC2. The number of rotatable bonds is 1. The highest BCUT2D eigenvalue weighted by Crippen LogP contribution is 2.23. The van der Waals surface area contributed by atoms with E-state index >= 15 is 0 Å². The second-order valence-corrected chi connectivity index (χ2v) is 4.20. The molecule has 2 aromatic heterocycles. The Labute approximate surface area is 99.6 Å². The van der Waals surface area contributed by atoms with Gasteiger partial charge in [0.2, 0.25) is 0 Å². The summed E-state index contributed by atoms with van der Waals surface area (Å²) in [7, 11) is 0. The molecule has 4 nitrogen and oxygen atoms in total. The monoisotopic (exact) mass is 224 g/mol. The predicted octanol–water partition coefficient (Wildman–Crippen LogP) is 2.02. The first kappa shape index (κ1) is 10.0. The van der Waals surface area contributed by atoms with E-state index in [1.54, 1.807) is 6.20 Å². The zero-order valence-corrected chi connectivity index (χ0v) is 9.43. The fraction of sp³-hybridized carbons (Fsp3) is 0.308. The molecule has 0 N–H and O–H groups in total. The summed E-state index contributed by atoms with van der Waals surface area (Å²) < 4.78 is 2.01. The molecule has 17 heavy (non-hydrogen) atoms. The van der Waals surface area contributed by atoms with Crippen LogP contribution in [-0.4, -0.2) is 14.5 Å². The number of aromatic nitrogens is 3. The van der Waals surface area contributed by atoms with E-state index in [0.29, 0.717) is 5.69 Å². The molecule has 0 unspecified atom stereocenters. The van der Waals surface area contributed by atoms with E-state index in [-0.39, 0.29) is 0 Å². The summed E-state index contributed by atoms with van der Waals surface area (Å²) in [5.41, 5.74) is 3.70. The maximum Gasteiger partial charge on any atom is 0.164 e. The maximum absolute atomic E-state index is 9.08. The zero-order chi connectivity index (χ0) is 11.7. The van der Waals surface area contributed by atoms with Gasteiger partial charge in [-0.2, -0.15) is 5.26 Å². The molecule has 0 radical (unpaired) electrons. The Morgan fingerprint density at radius 1 is 1.24 bits per heavy atom. The highest BCUT2D eigenvalue weighted by Gasteiger charge is 2.17. The minimum absolute atomic E-state index is 0.457. The summed E-state index contributed by atoms with van der Waals surface area (Å²) in [5, 5.41) is 9.08. The third-order valence-electron chi connectivity index (χ3n) is 3.18. The molecule has 0 aliphatic heterocycles. The van der Waals surface area contributed by atoms with Crippen LogP contribution in [0.3, 0.4) is 0 Å². The van der Waals surface area contributed by atoms with Crippen molar-refractivity contribution in [3.8, 4) is 11.8 Å². The van der Waals surface area contributed by atoms with Crippen LogP contribution in [0, 0.1) is 11.3 Å². The first-order valence-corrected chi connectivity index (χ1v) is 5.81. The molecule has 2 heterocycles. The minimum Gasteiger partial charge on any atom is -0.300 e. The molecule has 0 amide bonds. The van der Waals surface area contributed by atoms with E-state index in [4.69, 9.17) is 5.26 Å². The average Bonchev–Trinajstić information content (AvgIpc) is 2.82. The van der Waals surface area contributed by atoms with Crippen molar-refractivity contribution in [2.24, 2.45) is 0 Å². The molecule has 0 aromatic carbocycles. The number of hydrogen-bond acceptors (Lipinski definition) is 3. The van der Waals surface area contributed by atoms with Crippen LogP contribution in [0.5, 0.6) is 0 Å². The van der Waals surface area contributed by atoms with E-state index in [2.05, 4.69) is 16.0 Å². The number of nitriles is 1. The third kappa shape index (κ3) is 1.60. The van der Waals surface area contributed by atoms with Gasteiger partial charge >= 0.3 is 0 Å². The van der Waals surface area contributed by atoms with Gasteiger partial charge in [0.15, 0.2) is 5.69 Å². The Morgan fingerprint density at radius 2 is 2.12 bits per heavy atom. The van der Waals surface area contributed by atoms with Gasteiger partial charge in [-0.25, -0.2) is 9.97 Å². The molecule has 0 saturated heterocycles. The number of imidazole rings is 1. The fourth-order valence-electron chi connectivity index (χ4n) is 2.35. The Hall–Kier alpha value is -2.15. The molecule has 0 fully saturated rings. The van der Waals surface area contributed by atoms with Gasteiger partial charge in [-0.05, 0) is 37.8 Å². The van der Waals surface area contributed by atoms with Crippen LogP contribution in [0.2, 0.25) is 0 Å². The van der Waals surface area contributed by atoms with Crippen molar-refractivity contribution in [2.45, 2.75) is 25.7 Å². The molecule has 0 bridgehead atoms. The maximum atomic E-state index is 9.08. The first-order chi connectivity index (χ1) is 8.40. The molecule has 1 aliphatic rings. The van der Waals surface area contributed by atoms with Crippen molar-refractivity contribution in [1.29, 1.82) is 5.26 Å². The Balaban J connectivity index is 2.16. The van der Waals surface area contributed by atoms with Crippen molar-refractivity contribution < 1.29 is 0 Å². The van der Waals surface area contributed by atoms with Crippen LogP contribution in [0.4, 0.5) is 0 Å². The first-order valence-electron chi connectivity index (χ1n) is 5.81. The molecule has 0 saturated carbocycles. The van der Waals surface area contributed by atoms with E-state index in [1.807, 2.05) is 23.0 Å². The van der Waals surface area contributed by atoms with Crippen molar-refractivity contribution >= 4 is 0 Å². The normalized spacial score (nSPS) is 14.1. The number of pyridine rings is 1. The molecule has 4 heteroatoms. The van der Waals surface area contributed by atoms with Crippen LogP contribution in [0.1, 0.15) is 29.9 Å². The van der Waals surface area contributed by atoms with Gasteiger partial charge < -0.3 is 4.57 Å². The lowest BCUT2D eigenvalue weighted by Gasteiger charge is -2.14. The van der Waals surface area contributed by atoms with E-state index in [9.17, 15) is 0 Å². The van der Waals surface area contributed by atoms with Gasteiger partial charge in [-0.3, -0.25) is 0 Å². The van der Waals surface area contributed by atoms with Crippen LogP contribution in [0.25, 0.3) is 5.69 Å². The molecule has 0 atom stereocenters. The fourth-order valence-corrected chi connectivity index (χ4v) is 2.35. The molecular formula is C13H12N4. The molecule has 84 valence electrons. The predicted molar refractivity (Wildman–Crippen MR) is 62.7 cm³/mol. The van der Waals surface area contributed by atoms with Crippen LogP contribution in [0.15, 0.2) is 24.7 Å². The number of hydrogen-bond donors (Lipinski definition) is 0. The van der Waals surface area contributed by atoms with Crippen LogP contribution < -0.4 is 0 Å². The Morgan fingerprint density at radius 3 is 3.00 bits per heavy atom. The Bertz CT molecular complexity index is 592. The smallest absolute Gasteiger partial charge is 0.164 e. The second-order valence-electron chi connectivity index (χ2n) is 4.20. The molecule has 1 aliphatic carbocycles. The summed E-state index contributed by atoms with van der Waals surface area (Å²) in [6.45, 7) is 0. The van der Waals surface area contributed by atoms with Crippen molar-refractivity contribution in [3.05, 3.63) is 41.7 Å². The van der Waals surface area contributed by atoms with Gasteiger partial charge in [-0.15, -0.1) is 0 Å². The molecule has 3 rings (SSSR count). The van der Waals surface area contributed by atoms with Crippen LogP contribution >= 0.6 is 0 Å². The summed E-state index contributed by atoms with van der Waals surface area (Å²) in [6, 6.07) is 5.90. The highest BCUT2D eigenvalue weighted by atomic mass is 15.1. The van der Waals surface area contributed by atoms with Gasteiger partial charge in [-0.1, -0.05) is 0 Å². The van der Waals surface area contributed by atoms with E-state index in [1.165, 1.54) is 24.2 Å². The molecular weight excluding hydrogens is 212 g/mol. The quantitative estimate of drug-likeness (QED) is 0.744. The summed E-state index contributed by atoms with van der Waals surface area (Å²) in [6.07, 6.45) is 7.95. The van der Waals surface area contributed by atoms with Gasteiger partial charge in [0.25, 0.3) is 0 Å². The van der Waals surface area contributed by atoms with Gasteiger partial charge in [0, 0.05) is 11.9 Å². The van der Waals surface area contributed by atoms with Gasteiger partial charge in [0.05, 0.1) is 17.7 Å². The molecule has 2 aromatic rings. The van der Waals surface area contributed by atoms with E-state index in [0.717, 1.165) is 18.5 Å². The van der Waals surface area contributed by atoms with E-state index < -0.39 is 0 Å². The summed E-state index contributed by atoms with van der Waals surface area (Å²) >= 11 is 0. The highest BCUT2D eigenvalue weighted by molar-refractivity contribution is 5.45. The largest absolute Gasteiger partial charge is 0.300 e. The lowest BCUT2D eigenvalue weighted by molar-refractivity contribution is 0.655. The topological polar surface area (TPSA) is 54.5 Å². The Kier molecular flexibility index (Phi) is 2.37. The number of fused-ring (bicyclic) bond motifs is 1.